The number of aliphatic carboxylic acids is 1. The van der Waals surface area contributed by atoms with Crippen LogP contribution in [0.5, 0.6) is 0 Å². The van der Waals surface area contributed by atoms with E-state index in [0.29, 0.717) is 17.8 Å². The number of hydrogen-bond donors (Lipinski definition) is 2. The molecule has 6 atom stereocenters. The van der Waals surface area contributed by atoms with Crippen molar-refractivity contribution in [1.82, 2.24) is 0 Å². The molecular formula is C8H10O3. The Morgan fingerprint density at radius 2 is 2.00 bits per heavy atom. The molecule has 60 valence electrons. The molecule has 0 aliphatic heterocycles. The van der Waals surface area contributed by atoms with Gasteiger partial charge in [-0.3, -0.25) is 4.79 Å². The topological polar surface area (TPSA) is 57.5 Å². The summed E-state index contributed by atoms with van der Waals surface area (Å²) in [5.74, 6) is 0.457. The maximum absolute atomic E-state index is 10.7. The third kappa shape index (κ3) is 0.466. The molecule has 0 spiro atoms. The van der Waals surface area contributed by atoms with E-state index in [0.717, 1.165) is 6.42 Å². The quantitative estimate of drug-likeness (QED) is 0.556. The molecule has 0 aromatic heterocycles. The molecule has 0 aromatic rings. The van der Waals surface area contributed by atoms with Gasteiger partial charge >= 0.3 is 5.97 Å². The summed E-state index contributed by atoms with van der Waals surface area (Å²) < 4.78 is 0. The molecule has 4 fully saturated rings. The molecule has 0 radical (unpaired) electrons. The fourth-order valence-corrected chi connectivity index (χ4v) is 3.46. The van der Waals surface area contributed by atoms with Crippen molar-refractivity contribution in [3.05, 3.63) is 0 Å². The van der Waals surface area contributed by atoms with E-state index in [2.05, 4.69) is 0 Å². The minimum Gasteiger partial charge on any atom is -0.481 e. The molecule has 0 unspecified atom stereocenters. The number of rotatable bonds is 1. The number of aliphatic hydroxyl groups is 1. The lowest BCUT2D eigenvalue weighted by Crippen LogP contribution is -2.22. The molecule has 4 bridgehead atoms. The van der Waals surface area contributed by atoms with E-state index < -0.39 is 5.97 Å². The van der Waals surface area contributed by atoms with E-state index in [1.807, 2.05) is 0 Å². The van der Waals surface area contributed by atoms with Gasteiger partial charge in [0.25, 0.3) is 0 Å². The summed E-state index contributed by atoms with van der Waals surface area (Å²) in [6.07, 6.45) is 0.680. The van der Waals surface area contributed by atoms with Gasteiger partial charge < -0.3 is 10.2 Å². The maximum atomic E-state index is 10.7. The number of aliphatic hydroxyl groups excluding tert-OH is 1. The zero-order valence-corrected chi connectivity index (χ0v) is 5.97. The average molecular weight is 154 g/mol. The van der Waals surface area contributed by atoms with E-state index in [-0.39, 0.29) is 17.9 Å². The Morgan fingerprint density at radius 1 is 1.27 bits per heavy atom. The summed E-state index contributed by atoms with van der Waals surface area (Å²) in [4.78, 5) is 10.7. The van der Waals surface area contributed by atoms with Crippen LogP contribution in [-0.2, 0) is 4.79 Å². The van der Waals surface area contributed by atoms with Crippen molar-refractivity contribution in [1.29, 1.82) is 0 Å². The zero-order chi connectivity index (χ0) is 7.75. The van der Waals surface area contributed by atoms with E-state index in [4.69, 9.17) is 5.11 Å². The molecule has 0 saturated heterocycles. The van der Waals surface area contributed by atoms with Gasteiger partial charge in [-0.15, -0.1) is 0 Å². The van der Waals surface area contributed by atoms with Gasteiger partial charge in [0.1, 0.15) is 0 Å². The molecule has 4 rings (SSSR count). The van der Waals surface area contributed by atoms with Crippen LogP contribution in [0, 0.1) is 29.6 Å². The van der Waals surface area contributed by atoms with Crippen molar-refractivity contribution in [3.63, 3.8) is 0 Å². The summed E-state index contributed by atoms with van der Waals surface area (Å²) in [7, 11) is 0. The summed E-state index contributed by atoms with van der Waals surface area (Å²) >= 11 is 0. The summed E-state index contributed by atoms with van der Waals surface area (Å²) in [6.45, 7) is 0. The smallest absolute Gasteiger partial charge is 0.307 e. The Morgan fingerprint density at radius 3 is 2.18 bits per heavy atom. The van der Waals surface area contributed by atoms with Crippen molar-refractivity contribution in [2.75, 3.05) is 0 Å². The van der Waals surface area contributed by atoms with Crippen LogP contribution in [0.3, 0.4) is 0 Å². The van der Waals surface area contributed by atoms with Gasteiger partial charge in [0, 0.05) is 0 Å². The monoisotopic (exact) mass is 154 g/mol. The third-order valence-corrected chi connectivity index (χ3v) is 3.83. The van der Waals surface area contributed by atoms with Crippen molar-refractivity contribution >= 4 is 5.97 Å². The SMILES string of the molecule is O=C(O)[C@H]1[C@H]2C[C@H]3[C@@H]([C@H]2O)[C@H]31. The second kappa shape index (κ2) is 1.46. The third-order valence-electron chi connectivity index (χ3n) is 3.83. The van der Waals surface area contributed by atoms with Crippen molar-refractivity contribution in [3.8, 4) is 0 Å². The Bertz CT molecular complexity index is 237. The second-order valence-electron chi connectivity index (χ2n) is 4.07. The minimum absolute atomic E-state index is 0.0903. The van der Waals surface area contributed by atoms with Gasteiger partial charge in [-0.05, 0) is 30.1 Å². The Kier molecular flexibility index (Phi) is 0.796. The molecule has 2 N–H and O–H groups in total. The van der Waals surface area contributed by atoms with Crippen LogP contribution in [-0.4, -0.2) is 22.3 Å². The lowest BCUT2D eigenvalue weighted by Gasteiger charge is -2.11. The lowest BCUT2D eigenvalue weighted by atomic mass is 9.97. The van der Waals surface area contributed by atoms with Gasteiger partial charge in [-0.1, -0.05) is 0 Å². The Hall–Kier alpha value is -0.570. The largest absolute Gasteiger partial charge is 0.481 e. The number of carbonyl (C=O) groups is 1. The Balaban J connectivity index is 1.97. The number of carboxylic acids is 1. The zero-order valence-electron chi connectivity index (χ0n) is 5.97. The highest BCUT2D eigenvalue weighted by Gasteiger charge is 2.75. The van der Waals surface area contributed by atoms with Crippen LogP contribution in [0.15, 0.2) is 0 Å². The number of carboxylic acid groups (broad SMARTS) is 1. The summed E-state index contributed by atoms with van der Waals surface area (Å²) in [6, 6.07) is 0. The van der Waals surface area contributed by atoms with Crippen LogP contribution >= 0.6 is 0 Å². The summed E-state index contributed by atoms with van der Waals surface area (Å²) in [5, 5.41) is 18.3. The van der Waals surface area contributed by atoms with Crippen LogP contribution in [0.25, 0.3) is 0 Å². The first-order valence-electron chi connectivity index (χ1n) is 4.12. The predicted octanol–water partition coefficient (Wildman–Crippen LogP) is -0.0562. The molecule has 0 amide bonds. The van der Waals surface area contributed by atoms with Crippen LogP contribution in [0.4, 0.5) is 0 Å². The summed E-state index contributed by atoms with van der Waals surface area (Å²) in [5.41, 5.74) is 0. The second-order valence-corrected chi connectivity index (χ2v) is 4.07. The first kappa shape index (κ1) is 6.00. The molecule has 4 saturated carbocycles. The first-order chi connectivity index (χ1) is 5.22. The van der Waals surface area contributed by atoms with Gasteiger partial charge in [-0.25, -0.2) is 0 Å². The van der Waals surface area contributed by atoms with Crippen molar-refractivity contribution in [2.45, 2.75) is 12.5 Å². The average Bonchev–Trinajstić information content (AvgIpc) is 2.33. The van der Waals surface area contributed by atoms with Gasteiger partial charge in [0.05, 0.1) is 12.0 Å². The fraction of sp³-hybridized carbons (Fsp3) is 0.875. The van der Waals surface area contributed by atoms with E-state index in [1.165, 1.54) is 0 Å². The molecule has 0 heterocycles. The maximum Gasteiger partial charge on any atom is 0.307 e. The molecule has 3 heteroatoms. The molecule has 11 heavy (non-hydrogen) atoms. The lowest BCUT2D eigenvalue weighted by molar-refractivity contribution is -0.143. The van der Waals surface area contributed by atoms with Crippen LogP contribution in [0.1, 0.15) is 6.42 Å². The van der Waals surface area contributed by atoms with Gasteiger partial charge in [0.15, 0.2) is 0 Å². The highest BCUT2D eigenvalue weighted by atomic mass is 16.4. The van der Waals surface area contributed by atoms with E-state index >= 15 is 0 Å². The van der Waals surface area contributed by atoms with Crippen LogP contribution < -0.4 is 0 Å². The van der Waals surface area contributed by atoms with Gasteiger partial charge in [0.2, 0.25) is 0 Å². The van der Waals surface area contributed by atoms with E-state index in [9.17, 15) is 9.90 Å². The normalized spacial score (nSPS) is 63.4. The minimum atomic E-state index is -0.693. The molecule has 3 nitrogen and oxygen atoms in total. The molecule has 4 aliphatic rings. The number of hydrogen-bond acceptors (Lipinski definition) is 2. The van der Waals surface area contributed by atoms with Gasteiger partial charge in [-0.2, -0.15) is 0 Å². The van der Waals surface area contributed by atoms with Crippen molar-refractivity contribution < 1.29 is 15.0 Å². The fourth-order valence-electron chi connectivity index (χ4n) is 3.46. The standard InChI is InChI=1S/C8H10O3/c9-7-3-1-2-4(5(2)7)6(3)8(10)11/h2-7,9H,1H2,(H,10,11)/t2-,3-,4+,5-,6+,7+/m1/s1. The molecule has 0 aromatic carbocycles. The first-order valence-corrected chi connectivity index (χ1v) is 4.12. The Labute approximate surface area is 64.0 Å². The predicted molar refractivity (Wildman–Crippen MR) is 35.7 cm³/mol. The molecular weight excluding hydrogens is 144 g/mol. The van der Waals surface area contributed by atoms with Crippen molar-refractivity contribution in [2.24, 2.45) is 29.6 Å². The highest BCUT2D eigenvalue weighted by molar-refractivity contribution is 5.73. The van der Waals surface area contributed by atoms with E-state index in [1.54, 1.807) is 0 Å². The highest BCUT2D eigenvalue weighted by Crippen LogP contribution is 2.73. The molecule has 4 aliphatic carbocycles. The van der Waals surface area contributed by atoms with Crippen LogP contribution in [0.2, 0.25) is 0 Å².